The second kappa shape index (κ2) is 7.24. The molecule has 3 N–H and O–H groups in total. The summed E-state index contributed by atoms with van der Waals surface area (Å²) in [6, 6.07) is 9.01. The fourth-order valence-corrected chi connectivity index (χ4v) is 2.20. The lowest BCUT2D eigenvalue weighted by Gasteiger charge is -2.16. The van der Waals surface area contributed by atoms with Crippen LogP contribution < -0.4 is 11.1 Å². The third-order valence-corrected chi connectivity index (χ3v) is 3.55. The van der Waals surface area contributed by atoms with Gasteiger partial charge in [-0.3, -0.25) is 9.59 Å². The van der Waals surface area contributed by atoms with Crippen molar-refractivity contribution in [2.24, 2.45) is 5.73 Å². The van der Waals surface area contributed by atoms with Gasteiger partial charge in [-0.1, -0.05) is 41.4 Å². The van der Waals surface area contributed by atoms with Gasteiger partial charge >= 0.3 is 0 Å². The number of nitrogens with one attached hydrogen (secondary N) is 1. The Morgan fingerprint density at radius 3 is 2.50 bits per heavy atom. The normalized spacial score (nSPS) is 11.7. The van der Waals surface area contributed by atoms with Crippen LogP contribution >= 0.6 is 23.2 Å². The average Bonchev–Trinajstić information content (AvgIpc) is 2.49. The van der Waals surface area contributed by atoms with Crippen LogP contribution in [0.25, 0.3) is 0 Å². The first kappa shape index (κ1) is 16.3. The van der Waals surface area contributed by atoms with Crippen LogP contribution in [0.2, 0.25) is 10.2 Å². The molecule has 0 aliphatic heterocycles. The topological polar surface area (TPSA) is 85.1 Å². The summed E-state index contributed by atoms with van der Waals surface area (Å²) in [5.41, 5.74) is 6.36. The molecule has 1 heterocycles. The number of amides is 2. The summed E-state index contributed by atoms with van der Waals surface area (Å²) in [4.78, 5) is 27.7. The number of aromatic nitrogens is 1. The van der Waals surface area contributed by atoms with Crippen molar-refractivity contribution in [1.82, 2.24) is 10.3 Å². The van der Waals surface area contributed by atoms with Crippen LogP contribution in [0.1, 0.15) is 15.9 Å². The number of hydrogen-bond acceptors (Lipinski definition) is 3. The molecule has 0 bridgehead atoms. The molecule has 0 spiro atoms. The number of primary amides is 1. The Bertz CT molecular complexity index is 689. The zero-order chi connectivity index (χ0) is 16.1. The van der Waals surface area contributed by atoms with Crippen LogP contribution in [0.3, 0.4) is 0 Å². The van der Waals surface area contributed by atoms with Gasteiger partial charge in [0.15, 0.2) is 0 Å². The largest absolute Gasteiger partial charge is 0.368 e. The first-order valence-corrected chi connectivity index (χ1v) is 7.18. The van der Waals surface area contributed by atoms with Gasteiger partial charge < -0.3 is 11.1 Å². The van der Waals surface area contributed by atoms with E-state index < -0.39 is 17.9 Å². The molecule has 1 atom stereocenters. The second-order valence-electron chi connectivity index (χ2n) is 4.60. The highest BCUT2D eigenvalue weighted by molar-refractivity contribution is 6.33. The third-order valence-electron chi connectivity index (χ3n) is 3.00. The van der Waals surface area contributed by atoms with Gasteiger partial charge in [0.1, 0.15) is 11.2 Å². The molecule has 22 heavy (non-hydrogen) atoms. The van der Waals surface area contributed by atoms with Crippen molar-refractivity contribution in [1.29, 1.82) is 0 Å². The van der Waals surface area contributed by atoms with Crippen LogP contribution in [0.4, 0.5) is 0 Å². The molecule has 0 radical (unpaired) electrons. The van der Waals surface area contributed by atoms with Crippen LogP contribution in [0.5, 0.6) is 0 Å². The van der Waals surface area contributed by atoms with E-state index in [1.807, 2.05) is 0 Å². The fraction of sp³-hybridized carbons (Fsp3) is 0.133. The number of carbonyl (C=O) groups excluding carboxylic acids is 2. The molecule has 7 heteroatoms. The molecular weight excluding hydrogens is 325 g/mol. The smallest absolute Gasteiger partial charge is 0.253 e. The van der Waals surface area contributed by atoms with E-state index in [1.54, 1.807) is 36.4 Å². The minimum Gasteiger partial charge on any atom is -0.368 e. The number of nitrogens with two attached hydrogens (primary N) is 1. The Balaban J connectivity index is 2.12. The number of halogens is 2. The molecule has 1 aromatic carbocycles. The quantitative estimate of drug-likeness (QED) is 0.820. The van der Waals surface area contributed by atoms with Crippen LogP contribution in [0.15, 0.2) is 42.6 Å². The highest BCUT2D eigenvalue weighted by Crippen LogP contribution is 2.15. The van der Waals surface area contributed by atoms with Crippen molar-refractivity contribution in [3.8, 4) is 0 Å². The maximum absolute atomic E-state index is 12.2. The van der Waals surface area contributed by atoms with E-state index in [1.165, 1.54) is 6.20 Å². The molecule has 5 nitrogen and oxygen atoms in total. The maximum Gasteiger partial charge on any atom is 0.253 e. The van der Waals surface area contributed by atoms with E-state index in [4.69, 9.17) is 28.9 Å². The molecule has 0 saturated heterocycles. The van der Waals surface area contributed by atoms with E-state index in [0.29, 0.717) is 10.2 Å². The Labute approximate surface area is 137 Å². The summed E-state index contributed by atoms with van der Waals surface area (Å²) < 4.78 is 0. The van der Waals surface area contributed by atoms with Gasteiger partial charge in [0.25, 0.3) is 5.91 Å². The molecule has 1 aromatic heterocycles. The highest BCUT2D eigenvalue weighted by Gasteiger charge is 2.20. The van der Waals surface area contributed by atoms with E-state index in [0.717, 1.165) is 5.56 Å². The Morgan fingerprint density at radius 1 is 1.18 bits per heavy atom. The average molecular weight is 338 g/mol. The van der Waals surface area contributed by atoms with Crippen molar-refractivity contribution < 1.29 is 9.59 Å². The monoisotopic (exact) mass is 337 g/mol. The zero-order valence-corrected chi connectivity index (χ0v) is 12.9. The summed E-state index contributed by atoms with van der Waals surface area (Å²) >= 11 is 11.7. The van der Waals surface area contributed by atoms with Crippen molar-refractivity contribution >= 4 is 35.0 Å². The summed E-state index contributed by atoms with van der Waals surface area (Å²) in [6.45, 7) is 0. The summed E-state index contributed by atoms with van der Waals surface area (Å²) in [6.07, 6.45) is 1.75. The number of pyridine rings is 1. The summed E-state index contributed by atoms with van der Waals surface area (Å²) in [5.74, 6) is -1.10. The van der Waals surface area contributed by atoms with Crippen molar-refractivity contribution in [3.05, 3.63) is 63.9 Å². The number of benzene rings is 1. The van der Waals surface area contributed by atoms with Gasteiger partial charge in [0.05, 0.1) is 10.6 Å². The molecule has 0 aliphatic rings. The van der Waals surface area contributed by atoms with Crippen molar-refractivity contribution in [2.75, 3.05) is 0 Å². The highest BCUT2D eigenvalue weighted by atomic mass is 35.5. The van der Waals surface area contributed by atoms with E-state index >= 15 is 0 Å². The van der Waals surface area contributed by atoms with Crippen molar-refractivity contribution in [3.63, 3.8) is 0 Å². The third kappa shape index (κ3) is 4.19. The standard InChI is InChI=1S/C15H13Cl2N3O2/c16-11-4-2-1-3-10(11)15(22)20-12(14(18)21)7-9-5-6-13(17)19-8-9/h1-6,8,12H,7H2,(H2,18,21)(H,20,22)/t12-/m1/s1. The maximum atomic E-state index is 12.2. The lowest BCUT2D eigenvalue weighted by atomic mass is 10.1. The number of hydrogen-bond donors (Lipinski definition) is 2. The van der Waals surface area contributed by atoms with Crippen LogP contribution in [0, 0.1) is 0 Å². The second-order valence-corrected chi connectivity index (χ2v) is 5.40. The van der Waals surface area contributed by atoms with Gasteiger partial charge in [-0.25, -0.2) is 4.98 Å². The summed E-state index contributed by atoms with van der Waals surface area (Å²) in [5, 5.41) is 3.23. The van der Waals surface area contributed by atoms with Gasteiger partial charge in [0.2, 0.25) is 5.91 Å². The molecule has 114 valence electrons. The fourth-order valence-electron chi connectivity index (χ4n) is 1.87. The van der Waals surface area contributed by atoms with E-state index in [2.05, 4.69) is 10.3 Å². The Kier molecular flexibility index (Phi) is 5.35. The molecule has 0 unspecified atom stereocenters. The molecule has 0 aliphatic carbocycles. The minimum atomic E-state index is -0.869. The zero-order valence-electron chi connectivity index (χ0n) is 11.4. The van der Waals surface area contributed by atoms with Gasteiger partial charge in [-0.2, -0.15) is 0 Å². The predicted octanol–water partition coefficient (Wildman–Crippen LogP) is 2.21. The molecule has 2 aromatic rings. The van der Waals surface area contributed by atoms with Gasteiger partial charge in [-0.15, -0.1) is 0 Å². The first-order valence-electron chi connectivity index (χ1n) is 6.42. The van der Waals surface area contributed by atoms with Gasteiger partial charge in [0, 0.05) is 12.6 Å². The predicted molar refractivity (Wildman–Crippen MR) is 84.9 cm³/mol. The molecular formula is C15H13Cl2N3O2. The lowest BCUT2D eigenvalue weighted by molar-refractivity contribution is -0.119. The van der Waals surface area contributed by atoms with Crippen LogP contribution in [-0.2, 0) is 11.2 Å². The van der Waals surface area contributed by atoms with Crippen molar-refractivity contribution in [2.45, 2.75) is 12.5 Å². The molecule has 0 saturated carbocycles. The molecule has 2 amide bonds. The molecule has 2 rings (SSSR count). The first-order chi connectivity index (χ1) is 10.5. The Morgan fingerprint density at radius 2 is 1.91 bits per heavy atom. The lowest BCUT2D eigenvalue weighted by Crippen LogP contribution is -2.45. The SMILES string of the molecule is NC(=O)[C@@H](Cc1ccc(Cl)nc1)NC(=O)c1ccccc1Cl. The summed E-state index contributed by atoms with van der Waals surface area (Å²) in [7, 11) is 0. The van der Waals surface area contributed by atoms with Crippen LogP contribution in [-0.4, -0.2) is 22.8 Å². The van der Waals surface area contributed by atoms with E-state index in [-0.39, 0.29) is 12.0 Å². The van der Waals surface area contributed by atoms with Gasteiger partial charge in [-0.05, 0) is 23.8 Å². The molecule has 0 fully saturated rings. The number of carbonyl (C=O) groups is 2. The van der Waals surface area contributed by atoms with E-state index in [9.17, 15) is 9.59 Å². The minimum absolute atomic E-state index is 0.218. The number of nitrogens with zero attached hydrogens (tertiary/aromatic N) is 1. The number of rotatable bonds is 5. The Hall–Kier alpha value is -2.11.